The van der Waals surface area contributed by atoms with E-state index in [0.717, 1.165) is 16.0 Å². The van der Waals surface area contributed by atoms with E-state index in [-0.39, 0.29) is 6.61 Å². The predicted molar refractivity (Wildman–Crippen MR) is 128 cm³/mol. The summed E-state index contributed by atoms with van der Waals surface area (Å²) in [5, 5.41) is 16.0. The minimum absolute atomic E-state index is 0.124. The number of aliphatic carboxylic acids is 1. The number of hydrogen-bond donors (Lipinski definition) is 1. The first-order valence-corrected chi connectivity index (χ1v) is 11.3. The van der Waals surface area contributed by atoms with Crippen LogP contribution in [0.25, 0.3) is 10.8 Å². The predicted octanol–water partition coefficient (Wildman–Crippen LogP) is 5.40. The van der Waals surface area contributed by atoms with E-state index >= 15 is 0 Å². The van der Waals surface area contributed by atoms with Crippen molar-refractivity contribution in [2.24, 2.45) is 0 Å². The van der Waals surface area contributed by atoms with Gasteiger partial charge < -0.3 is 9.84 Å². The molecule has 0 bridgehead atoms. The molecule has 1 aromatic heterocycles. The molecule has 0 unspecified atom stereocenters. The SMILES string of the molecule is CC(C)(Sc1ccc(C(=O)OCc2cnn(Cc3ccc4ccccc4c3)c2)cc1)C(=O)O. The molecule has 1 heterocycles. The van der Waals surface area contributed by atoms with Crippen molar-refractivity contribution in [1.82, 2.24) is 9.78 Å². The van der Waals surface area contributed by atoms with E-state index in [1.165, 1.54) is 22.5 Å². The highest BCUT2D eigenvalue weighted by Crippen LogP contribution is 2.32. The summed E-state index contributed by atoms with van der Waals surface area (Å²) in [6, 6.07) is 21.3. The second-order valence-electron chi connectivity index (χ2n) is 8.25. The number of ether oxygens (including phenoxy) is 1. The quantitative estimate of drug-likeness (QED) is 0.280. The topological polar surface area (TPSA) is 81.4 Å². The molecule has 4 rings (SSSR count). The molecule has 6 nitrogen and oxygen atoms in total. The Morgan fingerprint density at radius 3 is 2.45 bits per heavy atom. The smallest absolute Gasteiger partial charge is 0.338 e. The van der Waals surface area contributed by atoms with E-state index in [2.05, 4.69) is 35.4 Å². The highest BCUT2D eigenvalue weighted by molar-refractivity contribution is 8.01. The first kappa shape index (κ1) is 22.6. The van der Waals surface area contributed by atoms with Gasteiger partial charge in [0.2, 0.25) is 0 Å². The van der Waals surface area contributed by atoms with Crippen LogP contribution in [0.3, 0.4) is 0 Å². The molecule has 7 heteroatoms. The Bertz CT molecular complexity index is 1300. The van der Waals surface area contributed by atoms with Gasteiger partial charge in [-0.1, -0.05) is 36.4 Å². The number of rotatable bonds is 8. The van der Waals surface area contributed by atoms with Gasteiger partial charge in [-0.25, -0.2) is 4.79 Å². The minimum atomic E-state index is -0.949. The summed E-state index contributed by atoms with van der Waals surface area (Å²) < 4.78 is 6.29. The van der Waals surface area contributed by atoms with Crippen LogP contribution in [-0.4, -0.2) is 31.6 Å². The number of fused-ring (bicyclic) bond motifs is 1. The van der Waals surface area contributed by atoms with E-state index in [1.807, 2.05) is 23.0 Å². The molecule has 0 atom stereocenters. The third kappa shape index (κ3) is 5.62. The summed E-state index contributed by atoms with van der Waals surface area (Å²) in [6.07, 6.45) is 3.57. The molecule has 0 amide bonds. The zero-order valence-corrected chi connectivity index (χ0v) is 19.2. The van der Waals surface area contributed by atoms with Crippen LogP contribution in [0, 0.1) is 0 Å². The van der Waals surface area contributed by atoms with Gasteiger partial charge in [0.05, 0.1) is 18.3 Å². The maximum absolute atomic E-state index is 12.4. The number of thioether (sulfide) groups is 1. The Kier molecular flexibility index (Phi) is 6.51. The summed E-state index contributed by atoms with van der Waals surface area (Å²) in [6.45, 7) is 4.04. The lowest BCUT2D eigenvalue weighted by atomic mass is 10.1. The van der Waals surface area contributed by atoms with Crippen molar-refractivity contribution >= 4 is 34.5 Å². The Hall–Kier alpha value is -3.58. The fourth-order valence-electron chi connectivity index (χ4n) is 3.32. The molecule has 0 radical (unpaired) electrons. The lowest BCUT2D eigenvalue weighted by Gasteiger charge is -2.18. The Balaban J connectivity index is 1.33. The fourth-order valence-corrected chi connectivity index (χ4v) is 4.27. The summed E-state index contributed by atoms with van der Waals surface area (Å²) in [4.78, 5) is 24.4. The monoisotopic (exact) mass is 460 g/mol. The third-order valence-electron chi connectivity index (χ3n) is 5.19. The molecule has 0 saturated heterocycles. The number of benzene rings is 3. The first-order valence-electron chi connectivity index (χ1n) is 10.5. The van der Waals surface area contributed by atoms with Gasteiger partial charge in [-0.3, -0.25) is 9.48 Å². The second kappa shape index (κ2) is 9.50. The lowest BCUT2D eigenvalue weighted by Crippen LogP contribution is -2.26. The maximum atomic E-state index is 12.4. The number of hydrogen-bond acceptors (Lipinski definition) is 5. The molecule has 168 valence electrons. The molecule has 33 heavy (non-hydrogen) atoms. The molecule has 0 spiro atoms. The molecule has 4 aromatic rings. The van der Waals surface area contributed by atoms with E-state index in [4.69, 9.17) is 4.74 Å². The Labute approximate surface area is 196 Å². The highest BCUT2D eigenvalue weighted by Gasteiger charge is 2.28. The zero-order valence-electron chi connectivity index (χ0n) is 18.4. The lowest BCUT2D eigenvalue weighted by molar-refractivity contribution is -0.138. The van der Waals surface area contributed by atoms with Gasteiger partial charge in [0.1, 0.15) is 11.4 Å². The number of carbonyl (C=O) groups is 2. The maximum Gasteiger partial charge on any atom is 0.338 e. The molecular formula is C26H24N2O4S. The average molecular weight is 461 g/mol. The summed E-state index contributed by atoms with van der Waals surface area (Å²) >= 11 is 1.23. The normalized spacial score (nSPS) is 11.5. The average Bonchev–Trinajstić information content (AvgIpc) is 3.25. The van der Waals surface area contributed by atoms with Crippen LogP contribution in [0.1, 0.15) is 35.3 Å². The largest absolute Gasteiger partial charge is 0.480 e. The van der Waals surface area contributed by atoms with E-state index in [0.29, 0.717) is 12.1 Å². The van der Waals surface area contributed by atoms with Crippen molar-refractivity contribution in [3.05, 3.63) is 95.8 Å². The van der Waals surface area contributed by atoms with E-state index in [9.17, 15) is 14.7 Å². The van der Waals surface area contributed by atoms with E-state index in [1.54, 1.807) is 44.3 Å². The van der Waals surface area contributed by atoms with Crippen molar-refractivity contribution in [3.63, 3.8) is 0 Å². The molecule has 0 aliphatic heterocycles. The Morgan fingerprint density at radius 1 is 1.00 bits per heavy atom. The van der Waals surface area contributed by atoms with Crippen LogP contribution in [0.15, 0.2) is 84.0 Å². The standard InChI is InChI=1S/C26H24N2O4S/c1-26(2,25(30)31)33-23-11-9-21(10-12-23)24(29)32-17-19-14-27-28(16-19)15-18-7-8-20-5-3-4-6-22(20)13-18/h3-14,16H,15,17H2,1-2H3,(H,30,31). The number of nitrogens with zero attached hydrogens (tertiary/aromatic N) is 2. The number of carbonyl (C=O) groups excluding carboxylic acids is 1. The molecule has 0 fully saturated rings. The van der Waals surface area contributed by atoms with Crippen molar-refractivity contribution < 1.29 is 19.4 Å². The van der Waals surface area contributed by atoms with Crippen LogP contribution in [0.4, 0.5) is 0 Å². The summed E-state index contributed by atoms with van der Waals surface area (Å²) in [7, 11) is 0. The minimum Gasteiger partial charge on any atom is -0.480 e. The number of esters is 1. The summed E-state index contributed by atoms with van der Waals surface area (Å²) in [5.74, 6) is -1.33. The van der Waals surface area contributed by atoms with Gasteiger partial charge in [-0.2, -0.15) is 5.10 Å². The van der Waals surface area contributed by atoms with Crippen LogP contribution in [-0.2, 0) is 22.7 Å². The van der Waals surface area contributed by atoms with Gasteiger partial charge in [0.25, 0.3) is 0 Å². The molecule has 0 aliphatic carbocycles. The first-order chi connectivity index (χ1) is 15.8. The van der Waals surface area contributed by atoms with Gasteiger partial charge >= 0.3 is 11.9 Å². The van der Waals surface area contributed by atoms with Crippen LogP contribution in [0.5, 0.6) is 0 Å². The Morgan fingerprint density at radius 2 is 1.73 bits per heavy atom. The van der Waals surface area contributed by atoms with Crippen molar-refractivity contribution in [2.75, 3.05) is 0 Å². The number of aromatic nitrogens is 2. The summed E-state index contributed by atoms with van der Waals surface area (Å²) in [5.41, 5.74) is 2.36. The molecular weight excluding hydrogens is 436 g/mol. The molecule has 0 aliphatic rings. The van der Waals surface area contributed by atoms with E-state index < -0.39 is 16.7 Å². The molecule has 1 N–H and O–H groups in total. The highest BCUT2D eigenvalue weighted by atomic mass is 32.2. The van der Waals surface area contributed by atoms with Gasteiger partial charge in [-0.05, 0) is 60.5 Å². The second-order valence-corrected chi connectivity index (χ2v) is 9.94. The number of carboxylic acids is 1. The van der Waals surface area contributed by atoms with Crippen LogP contribution in [0.2, 0.25) is 0 Å². The number of carboxylic acid groups (broad SMARTS) is 1. The fraction of sp³-hybridized carbons (Fsp3) is 0.192. The molecule has 3 aromatic carbocycles. The van der Waals surface area contributed by atoms with Crippen molar-refractivity contribution in [2.45, 2.75) is 36.6 Å². The van der Waals surface area contributed by atoms with Gasteiger partial charge in [0, 0.05) is 16.7 Å². The zero-order chi connectivity index (χ0) is 23.4. The van der Waals surface area contributed by atoms with Crippen LogP contribution >= 0.6 is 11.8 Å². The van der Waals surface area contributed by atoms with Gasteiger partial charge in [0.15, 0.2) is 0 Å². The van der Waals surface area contributed by atoms with Crippen molar-refractivity contribution in [3.8, 4) is 0 Å². The van der Waals surface area contributed by atoms with Gasteiger partial charge in [-0.15, -0.1) is 11.8 Å². The van der Waals surface area contributed by atoms with Crippen LogP contribution < -0.4 is 0 Å². The third-order valence-corrected chi connectivity index (χ3v) is 6.39. The van der Waals surface area contributed by atoms with Crippen molar-refractivity contribution in [1.29, 1.82) is 0 Å². The molecule has 0 saturated carbocycles.